The van der Waals surface area contributed by atoms with Gasteiger partial charge in [-0.05, 0) is 43.2 Å². The predicted molar refractivity (Wildman–Crippen MR) is 98.5 cm³/mol. The fraction of sp³-hybridized carbons (Fsp3) is 0.400. The molecule has 1 amide bonds. The molecule has 7 heteroatoms. The van der Waals surface area contributed by atoms with Gasteiger partial charge in [0.25, 0.3) is 5.91 Å². The number of carboxylic acid groups (broad SMARTS) is 1. The van der Waals surface area contributed by atoms with Crippen molar-refractivity contribution in [2.75, 3.05) is 19.7 Å². The highest BCUT2D eigenvalue weighted by molar-refractivity contribution is 5.80. The van der Waals surface area contributed by atoms with Gasteiger partial charge in [-0.15, -0.1) is 0 Å². The standard InChI is InChI=1S/C20H23N3O4/c1-3-17-18(5-4-13(2)22-17)27-12-19(24)23-10-15(16(11-23)20(25)26)14-6-8-21-9-7-14/h4-9,15-16H,3,10-12H2,1-2H3,(H,25,26)/t15-,16+/m1/s1. The van der Waals surface area contributed by atoms with Gasteiger partial charge in [0.2, 0.25) is 0 Å². The van der Waals surface area contributed by atoms with Gasteiger partial charge in [0.15, 0.2) is 6.61 Å². The maximum Gasteiger partial charge on any atom is 0.308 e. The summed E-state index contributed by atoms with van der Waals surface area (Å²) in [5, 5.41) is 9.55. The van der Waals surface area contributed by atoms with Crippen LogP contribution in [0.5, 0.6) is 5.75 Å². The Kier molecular flexibility index (Phi) is 5.69. The molecule has 0 bridgehead atoms. The number of carboxylic acids is 1. The van der Waals surface area contributed by atoms with Crippen LogP contribution in [0.1, 0.15) is 29.8 Å². The summed E-state index contributed by atoms with van der Waals surface area (Å²) in [5.74, 6) is -1.41. The maximum atomic E-state index is 12.6. The van der Waals surface area contributed by atoms with Crippen LogP contribution in [0.3, 0.4) is 0 Å². The average Bonchev–Trinajstić information content (AvgIpc) is 3.13. The second kappa shape index (κ2) is 8.16. The van der Waals surface area contributed by atoms with Gasteiger partial charge < -0.3 is 14.7 Å². The van der Waals surface area contributed by atoms with Gasteiger partial charge in [-0.1, -0.05) is 6.92 Å². The van der Waals surface area contributed by atoms with E-state index in [9.17, 15) is 14.7 Å². The smallest absolute Gasteiger partial charge is 0.308 e. The van der Waals surface area contributed by atoms with Crippen molar-refractivity contribution in [1.29, 1.82) is 0 Å². The van der Waals surface area contributed by atoms with Crippen LogP contribution in [0.25, 0.3) is 0 Å². The lowest BCUT2D eigenvalue weighted by Gasteiger charge is -2.17. The quantitative estimate of drug-likeness (QED) is 0.838. The van der Waals surface area contributed by atoms with Crippen molar-refractivity contribution in [2.45, 2.75) is 26.2 Å². The molecule has 1 fully saturated rings. The molecule has 0 aromatic carbocycles. The molecular weight excluding hydrogens is 346 g/mol. The highest BCUT2D eigenvalue weighted by Gasteiger charge is 2.40. The van der Waals surface area contributed by atoms with Crippen LogP contribution in [0.15, 0.2) is 36.7 Å². The molecule has 1 aliphatic heterocycles. The second-order valence-electron chi connectivity index (χ2n) is 6.67. The summed E-state index contributed by atoms with van der Waals surface area (Å²) in [5.41, 5.74) is 2.58. The molecule has 0 spiro atoms. The zero-order chi connectivity index (χ0) is 19.4. The molecular formula is C20H23N3O4. The van der Waals surface area contributed by atoms with Gasteiger partial charge in [0.1, 0.15) is 5.75 Å². The monoisotopic (exact) mass is 369 g/mol. The summed E-state index contributed by atoms with van der Waals surface area (Å²) in [6.45, 7) is 4.29. The zero-order valence-corrected chi connectivity index (χ0v) is 15.5. The number of pyridine rings is 2. The average molecular weight is 369 g/mol. The fourth-order valence-corrected chi connectivity index (χ4v) is 3.42. The van der Waals surface area contributed by atoms with E-state index < -0.39 is 11.9 Å². The maximum absolute atomic E-state index is 12.6. The Balaban J connectivity index is 1.68. The third-order valence-electron chi connectivity index (χ3n) is 4.88. The Bertz CT molecular complexity index is 825. The Morgan fingerprint density at radius 1 is 1.22 bits per heavy atom. The van der Waals surface area contributed by atoms with Crippen molar-refractivity contribution in [1.82, 2.24) is 14.9 Å². The Morgan fingerprint density at radius 3 is 2.63 bits per heavy atom. The first-order valence-corrected chi connectivity index (χ1v) is 8.99. The van der Waals surface area contributed by atoms with Crippen LogP contribution in [-0.2, 0) is 16.0 Å². The Hall–Kier alpha value is -2.96. The lowest BCUT2D eigenvalue weighted by Crippen LogP contribution is -2.34. The lowest BCUT2D eigenvalue weighted by atomic mass is 9.90. The molecule has 1 saturated heterocycles. The van der Waals surface area contributed by atoms with Gasteiger partial charge in [0.05, 0.1) is 11.6 Å². The molecule has 1 aliphatic rings. The van der Waals surface area contributed by atoms with Crippen LogP contribution in [0.2, 0.25) is 0 Å². The van der Waals surface area contributed by atoms with E-state index >= 15 is 0 Å². The van der Waals surface area contributed by atoms with Gasteiger partial charge in [-0.25, -0.2) is 0 Å². The largest absolute Gasteiger partial charge is 0.482 e. The molecule has 0 unspecified atom stereocenters. The zero-order valence-electron chi connectivity index (χ0n) is 15.5. The minimum Gasteiger partial charge on any atom is -0.482 e. The number of rotatable bonds is 6. The SMILES string of the molecule is CCc1nc(C)ccc1OCC(=O)N1C[C@H](C(=O)O)[C@@H](c2ccncc2)C1. The molecule has 3 heterocycles. The van der Waals surface area contributed by atoms with E-state index in [1.54, 1.807) is 29.4 Å². The highest BCUT2D eigenvalue weighted by Crippen LogP contribution is 2.32. The number of hydrogen-bond acceptors (Lipinski definition) is 5. The van der Waals surface area contributed by atoms with E-state index in [2.05, 4.69) is 9.97 Å². The number of aliphatic carboxylic acids is 1. The van der Waals surface area contributed by atoms with Crippen LogP contribution < -0.4 is 4.74 Å². The summed E-state index contributed by atoms with van der Waals surface area (Å²) in [6, 6.07) is 7.26. The van der Waals surface area contributed by atoms with E-state index in [0.29, 0.717) is 18.7 Å². The van der Waals surface area contributed by atoms with E-state index in [-0.39, 0.29) is 25.0 Å². The molecule has 27 heavy (non-hydrogen) atoms. The van der Waals surface area contributed by atoms with Gasteiger partial charge in [0, 0.05) is 37.1 Å². The number of aromatic nitrogens is 2. The third kappa shape index (κ3) is 4.24. The van der Waals surface area contributed by atoms with Crippen LogP contribution in [-0.4, -0.2) is 51.5 Å². The number of likely N-dealkylation sites (tertiary alicyclic amines) is 1. The van der Waals surface area contributed by atoms with Crippen LogP contribution in [0.4, 0.5) is 0 Å². The van der Waals surface area contributed by atoms with E-state index in [4.69, 9.17) is 4.74 Å². The first-order chi connectivity index (χ1) is 13.0. The molecule has 2 aromatic heterocycles. The van der Waals surface area contributed by atoms with Crippen molar-refractivity contribution in [2.24, 2.45) is 5.92 Å². The predicted octanol–water partition coefficient (Wildman–Crippen LogP) is 2.05. The first kappa shape index (κ1) is 18.8. The van der Waals surface area contributed by atoms with Crippen molar-refractivity contribution < 1.29 is 19.4 Å². The summed E-state index contributed by atoms with van der Waals surface area (Å²) >= 11 is 0. The molecule has 0 aliphatic carbocycles. The summed E-state index contributed by atoms with van der Waals surface area (Å²) < 4.78 is 5.68. The second-order valence-corrected chi connectivity index (χ2v) is 6.67. The van der Waals surface area contributed by atoms with Crippen molar-refractivity contribution in [3.8, 4) is 5.75 Å². The minimum absolute atomic E-state index is 0.132. The number of carbonyl (C=O) groups excluding carboxylic acids is 1. The van der Waals surface area contributed by atoms with E-state index in [1.807, 2.05) is 26.0 Å². The summed E-state index contributed by atoms with van der Waals surface area (Å²) in [6.07, 6.45) is 3.98. The molecule has 0 radical (unpaired) electrons. The normalized spacial score (nSPS) is 19.1. The van der Waals surface area contributed by atoms with Crippen molar-refractivity contribution in [3.63, 3.8) is 0 Å². The fourth-order valence-electron chi connectivity index (χ4n) is 3.42. The Labute approximate surface area is 158 Å². The number of hydrogen-bond donors (Lipinski definition) is 1. The van der Waals surface area contributed by atoms with Crippen molar-refractivity contribution in [3.05, 3.63) is 53.6 Å². The van der Waals surface area contributed by atoms with Crippen LogP contribution >= 0.6 is 0 Å². The van der Waals surface area contributed by atoms with Gasteiger partial charge in [-0.3, -0.25) is 19.6 Å². The summed E-state index contributed by atoms with van der Waals surface area (Å²) in [4.78, 5) is 34.2. The number of ether oxygens (including phenoxy) is 1. The molecule has 1 N–H and O–H groups in total. The van der Waals surface area contributed by atoms with Crippen LogP contribution in [0, 0.1) is 12.8 Å². The molecule has 142 valence electrons. The number of amides is 1. The molecule has 7 nitrogen and oxygen atoms in total. The number of carbonyl (C=O) groups is 2. The van der Waals surface area contributed by atoms with Gasteiger partial charge in [-0.2, -0.15) is 0 Å². The molecule has 3 rings (SSSR count). The Morgan fingerprint density at radius 2 is 1.96 bits per heavy atom. The summed E-state index contributed by atoms with van der Waals surface area (Å²) in [7, 11) is 0. The topological polar surface area (TPSA) is 92.6 Å². The number of nitrogens with zero attached hydrogens (tertiary/aromatic N) is 3. The lowest BCUT2D eigenvalue weighted by molar-refractivity contribution is -0.142. The molecule has 2 aromatic rings. The van der Waals surface area contributed by atoms with Gasteiger partial charge >= 0.3 is 5.97 Å². The van der Waals surface area contributed by atoms with E-state index in [0.717, 1.165) is 17.0 Å². The first-order valence-electron chi connectivity index (χ1n) is 8.99. The molecule has 0 saturated carbocycles. The van der Waals surface area contributed by atoms with E-state index in [1.165, 1.54) is 0 Å². The highest BCUT2D eigenvalue weighted by atomic mass is 16.5. The minimum atomic E-state index is -0.899. The van der Waals surface area contributed by atoms with Crippen molar-refractivity contribution >= 4 is 11.9 Å². The molecule has 2 atom stereocenters. The third-order valence-corrected chi connectivity index (χ3v) is 4.88. The number of aryl methyl sites for hydroxylation is 2.